The molecule has 5 aromatic carbocycles. The first-order valence-corrected chi connectivity index (χ1v) is 16.8. The Morgan fingerprint density at radius 1 is 0.796 bits per heavy atom. The lowest BCUT2D eigenvalue weighted by atomic mass is 10.0. The van der Waals surface area contributed by atoms with Gasteiger partial charge in [-0.15, -0.1) is 0 Å². The summed E-state index contributed by atoms with van der Waals surface area (Å²) in [7, 11) is -3.96. The number of halogens is 1. The number of amides is 2. The first-order chi connectivity index (χ1) is 23.7. The monoisotopic (exact) mass is 681 g/mol. The summed E-state index contributed by atoms with van der Waals surface area (Å²) in [6.45, 7) is 0.0174. The van der Waals surface area contributed by atoms with Crippen LogP contribution >= 0.6 is 0 Å². The largest absolute Gasteiger partial charge is 0.484 e. The Hall–Kier alpha value is -5.88. The lowest BCUT2D eigenvalue weighted by molar-refractivity contribution is -0.143. The van der Waals surface area contributed by atoms with Crippen LogP contribution in [0.25, 0.3) is 0 Å². The van der Waals surface area contributed by atoms with Gasteiger partial charge in [-0.3, -0.25) is 14.3 Å². The van der Waals surface area contributed by atoms with E-state index in [0.717, 1.165) is 23.3 Å². The minimum Gasteiger partial charge on any atom is -0.484 e. The molecule has 5 aromatic rings. The van der Waals surface area contributed by atoms with Gasteiger partial charge in [0.25, 0.3) is 15.9 Å². The second kappa shape index (κ2) is 14.9. The molecule has 0 fully saturated rings. The van der Waals surface area contributed by atoms with E-state index in [4.69, 9.17) is 14.2 Å². The number of hydrogen-bond acceptors (Lipinski definition) is 7. The van der Waals surface area contributed by atoms with Crippen molar-refractivity contribution in [2.75, 3.05) is 18.1 Å². The number of ether oxygens (including phenoxy) is 3. The number of carbonyl (C=O) groups excluding carboxylic acids is 2. The van der Waals surface area contributed by atoms with Crippen LogP contribution in [0.5, 0.6) is 17.2 Å². The molecule has 49 heavy (non-hydrogen) atoms. The van der Waals surface area contributed by atoms with Crippen molar-refractivity contribution in [2.24, 2.45) is 0 Å². The Morgan fingerprint density at radius 2 is 1.47 bits per heavy atom. The number of nitrogens with one attached hydrogen (secondary N) is 2. The van der Waals surface area contributed by atoms with Gasteiger partial charge in [0.1, 0.15) is 17.6 Å². The summed E-state index contributed by atoms with van der Waals surface area (Å²) in [5.41, 5.74) is 2.42. The van der Waals surface area contributed by atoms with Crippen LogP contribution in [-0.2, 0) is 32.7 Å². The maximum absolute atomic E-state index is 14.0. The van der Waals surface area contributed by atoms with Gasteiger partial charge in [-0.05, 0) is 77.4 Å². The van der Waals surface area contributed by atoms with E-state index in [-0.39, 0.29) is 36.2 Å². The molecule has 1 atom stereocenters. The molecule has 10 nitrogen and oxygen atoms in total. The Kier molecular flexibility index (Phi) is 10.1. The third-order valence-electron chi connectivity index (χ3n) is 7.69. The molecule has 0 aliphatic carbocycles. The van der Waals surface area contributed by atoms with Crippen molar-refractivity contribution in [3.8, 4) is 17.2 Å². The minimum atomic E-state index is -3.96. The Bertz CT molecular complexity index is 2010. The number of benzene rings is 5. The summed E-state index contributed by atoms with van der Waals surface area (Å²) in [5, 5.41) is 2.97. The number of nitrogens with zero attached hydrogens (tertiary/aromatic N) is 1. The normalized spacial score (nSPS) is 12.5. The number of fused-ring (bicyclic) bond motifs is 1. The van der Waals surface area contributed by atoms with E-state index in [1.165, 1.54) is 41.3 Å². The summed E-state index contributed by atoms with van der Waals surface area (Å²) in [5.74, 6) is 0.131. The number of hydrogen-bond donors (Lipinski definition) is 2. The molecule has 2 amide bonds. The molecular formula is C37H32FN3O7S. The summed E-state index contributed by atoms with van der Waals surface area (Å²) in [6, 6.07) is 33.2. The van der Waals surface area contributed by atoms with Crippen LogP contribution in [0.3, 0.4) is 0 Å². The number of sulfonamides is 1. The topological polar surface area (TPSA) is 123 Å². The summed E-state index contributed by atoms with van der Waals surface area (Å²) >= 11 is 0. The van der Waals surface area contributed by atoms with Gasteiger partial charge in [0.05, 0.1) is 4.90 Å². The van der Waals surface area contributed by atoms with E-state index in [1.54, 1.807) is 36.4 Å². The van der Waals surface area contributed by atoms with Crippen LogP contribution < -0.4 is 24.2 Å². The van der Waals surface area contributed by atoms with Crippen molar-refractivity contribution < 1.29 is 36.6 Å². The van der Waals surface area contributed by atoms with Gasteiger partial charge in [-0.2, -0.15) is 0 Å². The van der Waals surface area contributed by atoms with E-state index < -0.39 is 40.3 Å². The molecule has 0 saturated carbocycles. The maximum atomic E-state index is 14.0. The van der Waals surface area contributed by atoms with Crippen molar-refractivity contribution in [2.45, 2.75) is 24.0 Å². The molecule has 2 N–H and O–H groups in total. The Balaban J connectivity index is 1.19. The second-order valence-electron chi connectivity index (χ2n) is 11.1. The fourth-order valence-electron chi connectivity index (χ4n) is 5.22. The summed E-state index contributed by atoms with van der Waals surface area (Å²) in [4.78, 5) is 29.3. The first-order valence-electron chi connectivity index (χ1n) is 15.3. The molecule has 0 spiro atoms. The van der Waals surface area contributed by atoms with E-state index in [0.29, 0.717) is 17.1 Å². The molecule has 0 saturated heterocycles. The van der Waals surface area contributed by atoms with Gasteiger partial charge >= 0.3 is 0 Å². The van der Waals surface area contributed by atoms with Gasteiger partial charge in [0.15, 0.2) is 18.1 Å². The third kappa shape index (κ3) is 8.35. The molecule has 0 radical (unpaired) electrons. The van der Waals surface area contributed by atoms with Crippen LogP contribution in [0.2, 0.25) is 0 Å². The molecule has 0 unspecified atom stereocenters. The Labute approximate surface area is 283 Å². The first kappa shape index (κ1) is 33.0. The van der Waals surface area contributed by atoms with E-state index in [1.807, 2.05) is 42.5 Å². The average Bonchev–Trinajstić information content (AvgIpc) is 3.60. The zero-order valence-corrected chi connectivity index (χ0v) is 26.9. The lowest BCUT2D eigenvalue weighted by Crippen LogP contribution is -2.45. The van der Waals surface area contributed by atoms with Crippen LogP contribution in [0, 0.1) is 5.82 Å². The summed E-state index contributed by atoms with van der Waals surface area (Å²) < 4.78 is 58.0. The van der Waals surface area contributed by atoms with Gasteiger partial charge < -0.3 is 24.4 Å². The predicted octanol–water partition coefficient (Wildman–Crippen LogP) is 5.82. The van der Waals surface area contributed by atoms with Crippen LogP contribution in [0.15, 0.2) is 132 Å². The molecule has 0 aromatic heterocycles. The third-order valence-corrected chi connectivity index (χ3v) is 9.09. The zero-order valence-electron chi connectivity index (χ0n) is 26.1. The average molecular weight is 682 g/mol. The standard InChI is InChI=1S/C37H32FN3O7S/c38-29-12-14-30(15-13-29)40-49(44,45)32-18-16-31(17-19-32)46-24-35(42)41(23-26-7-3-1-4-8-26)36(28-9-5-2-6-10-28)37(43)39-22-27-11-20-33-34(21-27)48-25-47-33/h1-21,36,40H,22-25H2,(H,39,43)/t36-/m1/s1. The lowest BCUT2D eigenvalue weighted by Gasteiger charge is -2.31. The number of carbonyl (C=O) groups is 2. The van der Waals surface area contributed by atoms with Crippen LogP contribution in [0.4, 0.5) is 10.1 Å². The SMILES string of the molecule is O=C(NCc1ccc2c(c1)OCO2)[C@@H](c1ccccc1)N(Cc1ccccc1)C(=O)COc1ccc(S(=O)(=O)Nc2ccc(F)cc2)cc1. The van der Waals surface area contributed by atoms with Gasteiger partial charge in [-0.25, -0.2) is 12.8 Å². The van der Waals surface area contributed by atoms with Crippen LogP contribution in [0.1, 0.15) is 22.7 Å². The van der Waals surface area contributed by atoms with E-state index in [9.17, 15) is 22.4 Å². The van der Waals surface area contributed by atoms with E-state index >= 15 is 0 Å². The molecule has 1 aliphatic rings. The minimum absolute atomic E-state index is 0.0514. The number of anilines is 1. The van der Waals surface area contributed by atoms with E-state index in [2.05, 4.69) is 10.0 Å². The summed E-state index contributed by atoms with van der Waals surface area (Å²) in [6.07, 6.45) is 0. The van der Waals surface area contributed by atoms with Gasteiger partial charge in [0.2, 0.25) is 12.7 Å². The maximum Gasteiger partial charge on any atom is 0.261 e. The predicted molar refractivity (Wildman–Crippen MR) is 180 cm³/mol. The second-order valence-corrected chi connectivity index (χ2v) is 12.8. The molecule has 0 bridgehead atoms. The highest BCUT2D eigenvalue weighted by atomic mass is 32.2. The molecule has 6 rings (SSSR count). The molecule has 1 aliphatic heterocycles. The fraction of sp³-hybridized carbons (Fsp3) is 0.135. The van der Waals surface area contributed by atoms with Gasteiger partial charge in [-0.1, -0.05) is 66.7 Å². The molecular weight excluding hydrogens is 649 g/mol. The molecule has 12 heteroatoms. The van der Waals surface area contributed by atoms with Crippen molar-refractivity contribution in [3.63, 3.8) is 0 Å². The number of rotatable bonds is 13. The Morgan fingerprint density at radius 3 is 2.18 bits per heavy atom. The van der Waals surface area contributed by atoms with Crippen molar-refractivity contribution in [1.82, 2.24) is 10.2 Å². The molecule has 250 valence electrons. The van der Waals surface area contributed by atoms with Crippen molar-refractivity contribution in [3.05, 3.63) is 150 Å². The zero-order chi connectivity index (χ0) is 34.2. The van der Waals surface area contributed by atoms with Gasteiger partial charge in [0, 0.05) is 18.8 Å². The molecule has 1 heterocycles. The highest BCUT2D eigenvalue weighted by Gasteiger charge is 2.32. The van der Waals surface area contributed by atoms with Crippen molar-refractivity contribution >= 4 is 27.5 Å². The highest BCUT2D eigenvalue weighted by Crippen LogP contribution is 2.32. The quantitative estimate of drug-likeness (QED) is 0.161. The van der Waals surface area contributed by atoms with Crippen LogP contribution in [-0.4, -0.2) is 38.5 Å². The fourth-order valence-corrected chi connectivity index (χ4v) is 6.28. The highest BCUT2D eigenvalue weighted by molar-refractivity contribution is 7.92. The smallest absolute Gasteiger partial charge is 0.261 e. The van der Waals surface area contributed by atoms with Crippen molar-refractivity contribution in [1.29, 1.82) is 0 Å².